The van der Waals surface area contributed by atoms with Crippen LogP contribution in [-0.4, -0.2) is 12.6 Å². The molecule has 0 rings (SSSR count). The number of carbonyl (C=O) groups excluding carboxylic acids is 1. The van der Waals surface area contributed by atoms with E-state index in [0.717, 1.165) is 6.42 Å². The molecule has 0 fully saturated rings. The van der Waals surface area contributed by atoms with Crippen molar-refractivity contribution in [1.82, 2.24) is 0 Å². The zero-order chi connectivity index (χ0) is 16.5. The van der Waals surface area contributed by atoms with Crippen molar-refractivity contribution in [1.29, 1.82) is 0 Å². The van der Waals surface area contributed by atoms with Crippen LogP contribution in [0.4, 0.5) is 0 Å². The van der Waals surface area contributed by atoms with Crippen molar-refractivity contribution >= 4 is 5.97 Å². The topological polar surface area (TPSA) is 26.3 Å². The zero-order valence-corrected chi connectivity index (χ0v) is 15.5. The molecular weight excluding hydrogens is 272 g/mol. The molecule has 0 heterocycles. The van der Waals surface area contributed by atoms with E-state index in [1.54, 1.807) is 0 Å². The molecule has 22 heavy (non-hydrogen) atoms. The Labute approximate surface area is 139 Å². The number of hydrogen-bond acceptors (Lipinski definition) is 2. The first-order chi connectivity index (χ1) is 10.7. The molecule has 0 aromatic carbocycles. The summed E-state index contributed by atoms with van der Waals surface area (Å²) in [6.45, 7) is 7.19. The van der Waals surface area contributed by atoms with Gasteiger partial charge in [-0.3, -0.25) is 4.79 Å². The minimum Gasteiger partial charge on any atom is -0.465 e. The number of rotatable bonds is 16. The summed E-state index contributed by atoms with van der Waals surface area (Å²) in [5.41, 5.74) is 0. The lowest BCUT2D eigenvalue weighted by molar-refractivity contribution is -0.145. The van der Waals surface area contributed by atoms with Crippen LogP contribution in [0.2, 0.25) is 0 Å². The van der Waals surface area contributed by atoms with Crippen LogP contribution in [0.3, 0.4) is 0 Å². The molecule has 0 aromatic rings. The van der Waals surface area contributed by atoms with Gasteiger partial charge in [-0.1, -0.05) is 85.0 Å². The van der Waals surface area contributed by atoms with Crippen molar-refractivity contribution in [3.63, 3.8) is 0 Å². The molecule has 0 radical (unpaired) electrons. The molecule has 2 heteroatoms. The quantitative estimate of drug-likeness (QED) is 0.235. The Morgan fingerprint density at radius 3 is 1.77 bits per heavy atom. The SMILES string of the molecule is CCCCCCCCC(CCCCCC)COC(=O)CCC. The number of esters is 1. The van der Waals surface area contributed by atoms with Crippen LogP contribution in [0.15, 0.2) is 0 Å². The largest absolute Gasteiger partial charge is 0.465 e. The fraction of sp³-hybridized carbons (Fsp3) is 0.950. The summed E-state index contributed by atoms with van der Waals surface area (Å²) in [5.74, 6) is 0.577. The molecule has 1 atom stereocenters. The summed E-state index contributed by atoms with van der Waals surface area (Å²) in [4.78, 5) is 11.5. The van der Waals surface area contributed by atoms with Gasteiger partial charge in [-0.2, -0.15) is 0 Å². The van der Waals surface area contributed by atoms with Crippen LogP contribution < -0.4 is 0 Å². The van der Waals surface area contributed by atoms with E-state index in [-0.39, 0.29) is 5.97 Å². The number of unbranched alkanes of at least 4 members (excludes halogenated alkanes) is 8. The minimum absolute atomic E-state index is 0.0102. The highest BCUT2D eigenvalue weighted by Crippen LogP contribution is 2.19. The third-order valence-electron chi connectivity index (χ3n) is 4.37. The molecule has 0 saturated carbocycles. The second-order valence-electron chi connectivity index (χ2n) is 6.70. The van der Waals surface area contributed by atoms with Gasteiger partial charge in [-0.15, -0.1) is 0 Å². The van der Waals surface area contributed by atoms with Crippen LogP contribution in [0.1, 0.15) is 111 Å². The fourth-order valence-corrected chi connectivity index (χ4v) is 2.87. The molecule has 0 aromatic heterocycles. The van der Waals surface area contributed by atoms with Crippen molar-refractivity contribution in [2.45, 2.75) is 111 Å². The highest BCUT2D eigenvalue weighted by molar-refractivity contribution is 5.69. The van der Waals surface area contributed by atoms with Gasteiger partial charge in [0.25, 0.3) is 0 Å². The maximum absolute atomic E-state index is 11.5. The van der Waals surface area contributed by atoms with Gasteiger partial charge in [0.15, 0.2) is 0 Å². The first-order valence-corrected chi connectivity index (χ1v) is 9.90. The average molecular weight is 313 g/mol. The lowest BCUT2D eigenvalue weighted by Crippen LogP contribution is -2.14. The van der Waals surface area contributed by atoms with Gasteiger partial charge in [-0.25, -0.2) is 0 Å². The smallest absolute Gasteiger partial charge is 0.305 e. The predicted octanol–water partition coefficient (Wildman–Crippen LogP) is 6.67. The van der Waals surface area contributed by atoms with Gasteiger partial charge in [-0.05, 0) is 25.2 Å². The molecule has 0 aliphatic heterocycles. The normalized spacial score (nSPS) is 12.3. The van der Waals surface area contributed by atoms with E-state index in [1.165, 1.54) is 77.0 Å². The van der Waals surface area contributed by atoms with Gasteiger partial charge in [0, 0.05) is 6.42 Å². The Hall–Kier alpha value is -0.530. The maximum Gasteiger partial charge on any atom is 0.305 e. The fourth-order valence-electron chi connectivity index (χ4n) is 2.87. The summed E-state index contributed by atoms with van der Waals surface area (Å²) in [5, 5.41) is 0. The zero-order valence-electron chi connectivity index (χ0n) is 15.5. The molecule has 0 aliphatic rings. The summed E-state index contributed by atoms with van der Waals surface area (Å²) in [6.07, 6.45) is 17.2. The third-order valence-corrected chi connectivity index (χ3v) is 4.37. The Bertz CT molecular complexity index is 238. The molecule has 132 valence electrons. The predicted molar refractivity (Wildman–Crippen MR) is 96.1 cm³/mol. The molecule has 0 amide bonds. The summed E-state index contributed by atoms with van der Waals surface area (Å²) >= 11 is 0. The number of hydrogen-bond donors (Lipinski definition) is 0. The minimum atomic E-state index is -0.0102. The molecule has 0 aliphatic carbocycles. The van der Waals surface area contributed by atoms with E-state index in [1.807, 2.05) is 6.92 Å². The second kappa shape index (κ2) is 16.8. The van der Waals surface area contributed by atoms with Crippen molar-refractivity contribution in [3.8, 4) is 0 Å². The van der Waals surface area contributed by atoms with Gasteiger partial charge in [0.1, 0.15) is 0 Å². The molecule has 0 spiro atoms. The van der Waals surface area contributed by atoms with Crippen LogP contribution in [-0.2, 0) is 9.53 Å². The summed E-state index contributed by atoms with van der Waals surface area (Å²) in [7, 11) is 0. The Kier molecular flexibility index (Phi) is 16.4. The van der Waals surface area contributed by atoms with Crippen molar-refractivity contribution < 1.29 is 9.53 Å². The van der Waals surface area contributed by atoms with E-state index in [9.17, 15) is 4.79 Å². The van der Waals surface area contributed by atoms with Crippen LogP contribution in [0.5, 0.6) is 0 Å². The van der Waals surface area contributed by atoms with Gasteiger partial charge >= 0.3 is 5.97 Å². The van der Waals surface area contributed by atoms with Crippen molar-refractivity contribution in [2.75, 3.05) is 6.61 Å². The van der Waals surface area contributed by atoms with Crippen LogP contribution in [0, 0.1) is 5.92 Å². The molecule has 1 unspecified atom stereocenters. The Balaban J connectivity index is 3.86. The highest BCUT2D eigenvalue weighted by Gasteiger charge is 2.11. The van der Waals surface area contributed by atoms with Crippen LogP contribution in [0.25, 0.3) is 0 Å². The van der Waals surface area contributed by atoms with Crippen molar-refractivity contribution in [3.05, 3.63) is 0 Å². The highest BCUT2D eigenvalue weighted by atomic mass is 16.5. The Morgan fingerprint density at radius 2 is 1.23 bits per heavy atom. The molecule has 2 nitrogen and oxygen atoms in total. The Morgan fingerprint density at radius 1 is 0.727 bits per heavy atom. The van der Waals surface area contributed by atoms with Gasteiger partial charge in [0.2, 0.25) is 0 Å². The number of ether oxygens (including phenoxy) is 1. The lowest BCUT2D eigenvalue weighted by Gasteiger charge is -2.17. The van der Waals surface area contributed by atoms with E-state index in [4.69, 9.17) is 4.74 Å². The average Bonchev–Trinajstić information content (AvgIpc) is 2.51. The van der Waals surface area contributed by atoms with E-state index >= 15 is 0 Å². The molecule has 0 saturated heterocycles. The van der Waals surface area contributed by atoms with E-state index < -0.39 is 0 Å². The second-order valence-corrected chi connectivity index (χ2v) is 6.70. The van der Waals surface area contributed by atoms with Gasteiger partial charge < -0.3 is 4.74 Å². The molecule has 0 N–H and O–H groups in total. The molecular formula is C20H40O2. The maximum atomic E-state index is 11.5. The lowest BCUT2D eigenvalue weighted by atomic mass is 9.95. The van der Waals surface area contributed by atoms with Crippen molar-refractivity contribution in [2.24, 2.45) is 5.92 Å². The first-order valence-electron chi connectivity index (χ1n) is 9.90. The van der Waals surface area contributed by atoms with E-state index in [2.05, 4.69) is 13.8 Å². The van der Waals surface area contributed by atoms with E-state index in [0.29, 0.717) is 18.9 Å². The third kappa shape index (κ3) is 14.4. The monoisotopic (exact) mass is 312 g/mol. The standard InChI is InChI=1S/C20H40O2/c1-4-7-9-11-12-14-17-19(16-13-10-8-5-2)18-22-20(21)15-6-3/h19H,4-18H2,1-3H3. The summed E-state index contributed by atoms with van der Waals surface area (Å²) in [6, 6.07) is 0. The van der Waals surface area contributed by atoms with Gasteiger partial charge in [0.05, 0.1) is 6.61 Å². The van der Waals surface area contributed by atoms with Crippen LogP contribution >= 0.6 is 0 Å². The molecule has 0 bridgehead atoms. The summed E-state index contributed by atoms with van der Waals surface area (Å²) < 4.78 is 5.46. The number of carbonyl (C=O) groups is 1. The first kappa shape index (κ1) is 21.5.